The van der Waals surface area contributed by atoms with Crippen LogP contribution in [0.15, 0.2) is 42.5 Å². The highest BCUT2D eigenvalue weighted by molar-refractivity contribution is 6.34. The molecule has 21 heavy (non-hydrogen) atoms. The van der Waals surface area contributed by atoms with Crippen LogP contribution in [0.2, 0.25) is 5.02 Å². The Morgan fingerprint density at radius 3 is 2.90 bits per heavy atom. The third-order valence-electron chi connectivity index (χ3n) is 3.43. The van der Waals surface area contributed by atoms with Gasteiger partial charge in [0, 0.05) is 12.7 Å². The molecular formula is C16H15ClN2O2. The summed E-state index contributed by atoms with van der Waals surface area (Å²) in [6, 6.07) is 12.6. The smallest absolute Gasteiger partial charge is 0.257 e. The van der Waals surface area contributed by atoms with Crippen molar-refractivity contribution in [2.75, 3.05) is 30.4 Å². The summed E-state index contributed by atoms with van der Waals surface area (Å²) in [5.74, 6) is 0.611. The van der Waals surface area contributed by atoms with Crippen LogP contribution in [0, 0.1) is 0 Å². The SMILES string of the molecule is CN1CCOc2ccc(NC(=O)c3ccccc3Cl)cc21. The second kappa shape index (κ2) is 5.66. The van der Waals surface area contributed by atoms with Crippen LogP contribution in [0.5, 0.6) is 5.75 Å². The molecule has 0 aliphatic carbocycles. The molecule has 0 bridgehead atoms. The fraction of sp³-hybridized carbons (Fsp3) is 0.188. The van der Waals surface area contributed by atoms with Crippen molar-refractivity contribution in [1.29, 1.82) is 0 Å². The number of amides is 1. The highest BCUT2D eigenvalue weighted by Gasteiger charge is 2.16. The van der Waals surface area contributed by atoms with Gasteiger partial charge in [0.05, 0.1) is 22.8 Å². The van der Waals surface area contributed by atoms with Gasteiger partial charge in [0.1, 0.15) is 12.4 Å². The van der Waals surface area contributed by atoms with Gasteiger partial charge in [-0.3, -0.25) is 4.79 Å². The van der Waals surface area contributed by atoms with Gasteiger partial charge < -0.3 is 15.0 Å². The van der Waals surface area contributed by atoms with Crippen LogP contribution in [0.1, 0.15) is 10.4 Å². The normalized spacial score (nSPS) is 13.3. The Bertz CT molecular complexity index is 688. The van der Waals surface area contributed by atoms with Crippen molar-refractivity contribution in [1.82, 2.24) is 0 Å². The number of likely N-dealkylation sites (N-methyl/N-ethyl adjacent to an activating group) is 1. The van der Waals surface area contributed by atoms with Crippen LogP contribution in [-0.2, 0) is 0 Å². The topological polar surface area (TPSA) is 41.6 Å². The number of anilines is 2. The molecule has 4 nitrogen and oxygen atoms in total. The van der Waals surface area contributed by atoms with Gasteiger partial charge in [-0.1, -0.05) is 23.7 Å². The highest BCUT2D eigenvalue weighted by Crippen LogP contribution is 2.33. The molecule has 0 saturated carbocycles. The number of nitrogens with zero attached hydrogens (tertiary/aromatic N) is 1. The number of rotatable bonds is 2. The number of halogens is 1. The van der Waals surface area contributed by atoms with E-state index in [0.29, 0.717) is 17.2 Å². The molecule has 0 radical (unpaired) electrons. The minimum Gasteiger partial charge on any atom is -0.490 e. The Morgan fingerprint density at radius 2 is 2.10 bits per heavy atom. The van der Waals surface area contributed by atoms with E-state index in [-0.39, 0.29) is 5.91 Å². The average molecular weight is 303 g/mol. The Labute approximate surface area is 128 Å². The van der Waals surface area contributed by atoms with Crippen molar-refractivity contribution < 1.29 is 9.53 Å². The van der Waals surface area contributed by atoms with Crippen molar-refractivity contribution in [3.8, 4) is 5.75 Å². The number of hydrogen-bond acceptors (Lipinski definition) is 3. The van der Waals surface area contributed by atoms with Gasteiger partial charge in [0.15, 0.2) is 0 Å². The Balaban J connectivity index is 1.84. The molecule has 1 N–H and O–H groups in total. The predicted octanol–water partition coefficient (Wildman–Crippen LogP) is 3.42. The number of hydrogen-bond donors (Lipinski definition) is 1. The first-order valence-electron chi connectivity index (χ1n) is 6.69. The van der Waals surface area contributed by atoms with E-state index in [1.54, 1.807) is 24.3 Å². The number of nitrogens with one attached hydrogen (secondary N) is 1. The molecule has 108 valence electrons. The van der Waals surface area contributed by atoms with E-state index in [1.807, 2.05) is 25.2 Å². The standard InChI is InChI=1S/C16H15ClN2O2/c1-19-8-9-21-15-7-6-11(10-14(15)19)18-16(20)12-4-2-3-5-13(12)17/h2-7,10H,8-9H2,1H3,(H,18,20). The van der Waals surface area contributed by atoms with E-state index in [1.165, 1.54) is 0 Å². The van der Waals surface area contributed by atoms with Crippen LogP contribution < -0.4 is 15.0 Å². The molecule has 0 unspecified atom stereocenters. The lowest BCUT2D eigenvalue weighted by molar-refractivity contribution is 0.102. The van der Waals surface area contributed by atoms with E-state index < -0.39 is 0 Å². The van der Waals surface area contributed by atoms with Crippen LogP contribution in [-0.4, -0.2) is 26.1 Å². The number of ether oxygens (including phenoxy) is 1. The third kappa shape index (κ3) is 2.81. The quantitative estimate of drug-likeness (QED) is 0.924. The first-order chi connectivity index (χ1) is 10.1. The van der Waals surface area contributed by atoms with E-state index in [2.05, 4.69) is 10.2 Å². The minimum atomic E-state index is -0.222. The number of benzene rings is 2. The van der Waals surface area contributed by atoms with Crippen molar-refractivity contribution >= 4 is 28.9 Å². The third-order valence-corrected chi connectivity index (χ3v) is 3.76. The van der Waals surface area contributed by atoms with Gasteiger partial charge in [-0.15, -0.1) is 0 Å². The number of carbonyl (C=O) groups is 1. The molecular weight excluding hydrogens is 288 g/mol. The van der Waals surface area contributed by atoms with E-state index >= 15 is 0 Å². The first-order valence-corrected chi connectivity index (χ1v) is 7.07. The van der Waals surface area contributed by atoms with Crippen molar-refractivity contribution in [3.05, 3.63) is 53.1 Å². The summed E-state index contributed by atoms with van der Waals surface area (Å²) in [5, 5.41) is 3.30. The molecule has 0 spiro atoms. The molecule has 2 aromatic rings. The van der Waals surface area contributed by atoms with Crippen LogP contribution in [0.4, 0.5) is 11.4 Å². The molecule has 0 saturated heterocycles. The summed E-state index contributed by atoms with van der Waals surface area (Å²) in [6.07, 6.45) is 0. The summed E-state index contributed by atoms with van der Waals surface area (Å²) in [6.45, 7) is 1.50. The lowest BCUT2D eigenvalue weighted by atomic mass is 10.2. The lowest BCUT2D eigenvalue weighted by Gasteiger charge is -2.28. The highest BCUT2D eigenvalue weighted by atomic mass is 35.5. The molecule has 5 heteroatoms. The average Bonchev–Trinajstić information content (AvgIpc) is 2.48. The molecule has 0 atom stereocenters. The van der Waals surface area contributed by atoms with Crippen molar-refractivity contribution in [2.24, 2.45) is 0 Å². The van der Waals surface area contributed by atoms with Crippen LogP contribution >= 0.6 is 11.6 Å². The van der Waals surface area contributed by atoms with Gasteiger partial charge in [0.2, 0.25) is 0 Å². The fourth-order valence-corrected chi connectivity index (χ4v) is 2.49. The summed E-state index contributed by atoms with van der Waals surface area (Å²) in [5.41, 5.74) is 2.15. The van der Waals surface area contributed by atoms with Gasteiger partial charge >= 0.3 is 0 Å². The Kier molecular flexibility index (Phi) is 3.71. The first kappa shape index (κ1) is 13.8. The molecule has 1 heterocycles. The van der Waals surface area contributed by atoms with Crippen LogP contribution in [0.3, 0.4) is 0 Å². The van der Waals surface area contributed by atoms with Crippen molar-refractivity contribution in [3.63, 3.8) is 0 Å². The van der Waals surface area contributed by atoms with Gasteiger partial charge in [-0.25, -0.2) is 0 Å². The molecule has 1 amide bonds. The second-order valence-electron chi connectivity index (χ2n) is 4.89. The Morgan fingerprint density at radius 1 is 1.29 bits per heavy atom. The van der Waals surface area contributed by atoms with Gasteiger partial charge in [-0.2, -0.15) is 0 Å². The van der Waals surface area contributed by atoms with E-state index in [9.17, 15) is 4.79 Å². The number of carbonyl (C=O) groups excluding carboxylic acids is 1. The molecule has 1 aliphatic heterocycles. The van der Waals surface area contributed by atoms with Gasteiger partial charge in [-0.05, 0) is 30.3 Å². The number of fused-ring (bicyclic) bond motifs is 1. The Hall–Kier alpha value is -2.20. The molecule has 1 aliphatic rings. The monoisotopic (exact) mass is 302 g/mol. The minimum absolute atomic E-state index is 0.222. The van der Waals surface area contributed by atoms with Crippen LogP contribution in [0.25, 0.3) is 0 Å². The summed E-state index contributed by atoms with van der Waals surface area (Å²) >= 11 is 6.03. The van der Waals surface area contributed by atoms with Crippen molar-refractivity contribution in [2.45, 2.75) is 0 Å². The van der Waals surface area contributed by atoms with E-state index in [4.69, 9.17) is 16.3 Å². The molecule has 2 aromatic carbocycles. The maximum absolute atomic E-state index is 12.2. The predicted molar refractivity (Wildman–Crippen MR) is 84.6 cm³/mol. The zero-order valence-electron chi connectivity index (χ0n) is 11.6. The lowest BCUT2D eigenvalue weighted by Crippen LogP contribution is -2.28. The summed E-state index contributed by atoms with van der Waals surface area (Å²) in [7, 11) is 2.00. The largest absolute Gasteiger partial charge is 0.490 e. The fourth-order valence-electron chi connectivity index (χ4n) is 2.27. The zero-order valence-corrected chi connectivity index (χ0v) is 12.4. The molecule has 0 aromatic heterocycles. The second-order valence-corrected chi connectivity index (χ2v) is 5.29. The molecule has 3 rings (SSSR count). The summed E-state index contributed by atoms with van der Waals surface area (Å²) < 4.78 is 5.58. The van der Waals surface area contributed by atoms with Gasteiger partial charge in [0.25, 0.3) is 5.91 Å². The van der Waals surface area contributed by atoms with E-state index in [0.717, 1.165) is 23.7 Å². The molecule has 0 fully saturated rings. The summed E-state index contributed by atoms with van der Waals surface area (Å²) in [4.78, 5) is 14.3. The maximum atomic E-state index is 12.2. The maximum Gasteiger partial charge on any atom is 0.257 e. The zero-order chi connectivity index (χ0) is 14.8.